The van der Waals surface area contributed by atoms with E-state index in [0.717, 1.165) is 0 Å². The van der Waals surface area contributed by atoms with Crippen LogP contribution in [0.25, 0.3) is 0 Å². The minimum atomic E-state index is -0.411. The number of aryl methyl sites for hydroxylation is 1. The summed E-state index contributed by atoms with van der Waals surface area (Å²) in [5, 5.41) is 3.02. The number of methoxy groups -OCH3 is 1. The normalized spacial score (nSPS) is 15.7. The maximum atomic E-state index is 12.0. The van der Waals surface area contributed by atoms with Gasteiger partial charge in [0, 0.05) is 6.04 Å². The number of esters is 1. The third-order valence-corrected chi connectivity index (χ3v) is 3.93. The Labute approximate surface area is 130 Å². The number of nitrogens with zero attached hydrogens (tertiary/aromatic N) is 1. The van der Waals surface area contributed by atoms with Crippen LogP contribution in [0.2, 0.25) is 0 Å². The monoisotopic (exact) mass is 308 g/mol. The molecular weight excluding hydrogens is 284 g/mol. The van der Waals surface area contributed by atoms with Crippen molar-refractivity contribution in [2.24, 2.45) is 5.92 Å². The lowest BCUT2D eigenvalue weighted by atomic mass is 10.2. The summed E-state index contributed by atoms with van der Waals surface area (Å²) in [6, 6.07) is 1.92. The van der Waals surface area contributed by atoms with Crippen LogP contribution in [0, 0.1) is 12.8 Å². The van der Waals surface area contributed by atoms with Gasteiger partial charge in [-0.15, -0.1) is 0 Å². The van der Waals surface area contributed by atoms with E-state index >= 15 is 0 Å². The van der Waals surface area contributed by atoms with Gasteiger partial charge in [-0.05, 0) is 45.7 Å². The number of carbonyl (C=O) groups excluding carboxylic acids is 2. The van der Waals surface area contributed by atoms with Gasteiger partial charge >= 0.3 is 5.97 Å². The number of furan rings is 1. The number of nitrogens with one attached hydrogen (secondary N) is 1. The Bertz CT molecular complexity index is 548. The van der Waals surface area contributed by atoms with Gasteiger partial charge in [0.05, 0.1) is 20.2 Å². The average molecular weight is 308 g/mol. The van der Waals surface area contributed by atoms with E-state index < -0.39 is 5.97 Å². The molecule has 1 N–H and O–H groups in total. The van der Waals surface area contributed by atoms with Gasteiger partial charge in [0.15, 0.2) is 0 Å². The van der Waals surface area contributed by atoms with E-state index in [4.69, 9.17) is 9.15 Å². The Morgan fingerprint density at radius 1 is 1.50 bits per heavy atom. The predicted molar refractivity (Wildman–Crippen MR) is 81.4 cm³/mol. The topological polar surface area (TPSA) is 71.8 Å². The van der Waals surface area contributed by atoms with Crippen LogP contribution in [-0.2, 0) is 16.1 Å². The van der Waals surface area contributed by atoms with Crippen molar-refractivity contribution in [1.29, 1.82) is 0 Å². The number of hydrogen-bond acceptors (Lipinski definition) is 5. The Balaban J connectivity index is 1.84. The minimum absolute atomic E-state index is 0.0124. The van der Waals surface area contributed by atoms with Crippen molar-refractivity contribution in [2.45, 2.75) is 39.3 Å². The lowest BCUT2D eigenvalue weighted by Crippen LogP contribution is -2.40. The first kappa shape index (κ1) is 16.5. The molecule has 0 bridgehead atoms. The van der Waals surface area contributed by atoms with Gasteiger partial charge in [-0.3, -0.25) is 9.69 Å². The molecule has 1 aromatic rings. The van der Waals surface area contributed by atoms with Crippen molar-refractivity contribution in [1.82, 2.24) is 10.2 Å². The van der Waals surface area contributed by atoms with Gasteiger partial charge in [-0.1, -0.05) is 0 Å². The molecule has 0 aromatic carbocycles. The van der Waals surface area contributed by atoms with Crippen LogP contribution in [0.5, 0.6) is 0 Å². The summed E-state index contributed by atoms with van der Waals surface area (Å²) in [7, 11) is 3.18. The first-order valence-corrected chi connectivity index (χ1v) is 7.56. The molecule has 0 spiro atoms. The molecule has 1 fully saturated rings. The molecule has 1 atom stereocenters. The van der Waals surface area contributed by atoms with Crippen LogP contribution >= 0.6 is 0 Å². The second kappa shape index (κ2) is 6.96. The molecule has 6 heteroatoms. The molecule has 0 saturated heterocycles. The van der Waals surface area contributed by atoms with Crippen LogP contribution in [0.15, 0.2) is 10.5 Å². The summed E-state index contributed by atoms with van der Waals surface area (Å²) in [6.07, 6.45) is 2.42. The Morgan fingerprint density at radius 2 is 2.18 bits per heavy atom. The standard InChI is InChI=1S/C16H24N2O4/c1-10(12-5-6-12)17-15(19)9-18(3)8-13-7-14(11(2)22-13)16(20)21-4/h7,10,12H,5-6,8-9H2,1-4H3,(H,17,19). The van der Waals surface area contributed by atoms with Crippen molar-refractivity contribution in [3.05, 3.63) is 23.2 Å². The van der Waals surface area contributed by atoms with Gasteiger partial charge in [0.1, 0.15) is 17.1 Å². The highest BCUT2D eigenvalue weighted by atomic mass is 16.5. The average Bonchev–Trinajstić information content (AvgIpc) is 3.22. The van der Waals surface area contributed by atoms with Gasteiger partial charge in [-0.2, -0.15) is 0 Å². The Morgan fingerprint density at radius 3 is 2.77 bits per heavy atom. The quantitative estimate of drug-likeness (QED) is 0.777. The fraction of sp³-hybridized carbons (Fsp3) is 0.625. The highest BCUT2D eigenvalue weighted by Crippen LogP contribution is 2.32. The van der Waals surface area contributed by atoms with Crippen LogP contribution in [0.3, 0.4) is 0 Å². The van der Waals surface area contributed by atoms with Crippen LogP contribution in [0.1, 0.15) is 41.6 Å². The van der Waals surface area contributed by atoms with Crippen molar-refractivity contribution >= 4 is 11.9 Å². The van der Waals surface area contributed by atoms with Gasteiger partial charge in [-0.25, -0.2) is 4.79 Å². The highest BCUT2D eigenvalue weighted by molar-refractivity contribution is 5.90. The third kappa shape index (κ3) is 4.34. The summed E-state index contributed by atoms with van der Waals surface area (Å²) in [5.41, 5.74) is 0.428. The molecular formula is C16H24N2O4. The fourth-order valence-electron chi connectivity index (χ4n) is 2.51. The molecule has 6 nitrogen and oxygen atoms in total. The third-order valence-electron chi connectivity index (χ3n) is 3.93. The molecule has 122 valence electrons. The van der Waals surface area contributed by atoms with E-state index in [9.17, 15) is 9.59 Å². The van der Waals surface area contributed by atoms with Crippen LogP contribution in [-0.4, -0.2) is 43.5 Å². The fourth-order valence-corrected chi connectivity index (χ4v) is 2.51. The van der Waals surface area contributed by atoms with E-state index in [-0.39, 0.29) is 11.9 Å². The van der Waals surface area contributed by atoms with E-state index in [1.165, 1.54) is 20.0 Å². The molecule has 2 rings (SSSR count). The van der Waals surface area contributed by atoms with E-state index in [2.05, 4.69) is 5.32 Å². The molecule has 1 heterocycles. The van der Waals surface area contributed by atoms with Crippen molar-refractivity contribution in [2.75, 3.05) is 20.7 Å². The minimum Gasteiger partial charge on any atom is -0.465 e. The number of ether oxygens (including phenoxy) is 1. The Kier molecular flexibility index (Phi) is 5.24. The molecule has 1 aromatic heterocycles. The lowest BCUT2D eigenvalue weighted by Gasteiger charge is -2.17. The number of rotatable bonds is 7. The van der Waals surface area contributed by atoms with Crippen molar-refractivity contribution in [3.63, 3.8) is 0 Å². The summed E-state index contributed by atoms with van der Waals surface area (Å²) in [4.78, 5) is 25.4. The van der Waals surface area contributed by atoms with Crippen LogP contribution < -0.4 is 5.32 Å². The number of likely N-dealkylation sites (N-methyl/N-ethyl adjacent to an activating group) is 1. The maximum Gasteiger partial charge on any atom is 0.341 e. The van der Waals surface area contributed by atoms with Gasteiger partial charge in [0.25, 0.3) is 0 Å². The smallest absolute Gasteiger partial charge is 0.341 e. The number of amides is 1. The number of hydrogen-bond donors (Lipinski definition) is 1. The molecule has 0 aliphatic heterocycles. The van der Waals surface area contributed by atoms with E-state index in [1.807, 2.05) is 18.9 Å². The molecule has 1 aliphatic carbocycles. The summed E-state index contributed by atoms with van der Waals surface area (Å²) in [6.45, 7) is 4.53. The molecule has 1 unspecified atom stereocenters. The molecule has 22 heavy (non-hydrogen) atoms. The first-order valence-electron chi connectivity index (χ1n) is 7.56. The number of carbonyl (C=O) groups is 2. The lowest BCUT2D eigenvalue weighted by molar-refractivity contribution is -0.122. The maximum absolute atomic E-state index is 12.0. The van der Waals surface area contributed by atoms with E-state index in [1.54, 1.807) is 13.0 Å². The van der Waals surface area contributed by atoms with Gasteiger partial charge < -0.3 is 14.5 Å². The summed E-state index contributed by atoms with van der Waals surface area (Å²) in [5.74, 6) is 1.42. The van der Waals surface area contributed by atoms with Crippen molar-refractivity contribution in [3.8, 4) is 0 Å². The second-order valence-corrected chi connectivity index (χ2v) is 6.04. The van der Waals surface area contributed by atoms with E-state index in [0.29, 0.717) is 36.1 Å². The second-order valence-electron chi connectivity index (χ2n) is 6.04. The molecule has 1 aliphatic rings. The molecule has 1 amide bonds. The molecule has 1 saturated carbocycles. The SMILES string of the molecule is COC(=O)c1cc(CN(C)CC(=O)NC(C)C2CC2)oc1C. The van der Waals surface area contributed by atoms with Crippen LogP contribution in [0.4, 0.5) is 0 Å². The van der Waals surface area contributed by atoms with Crippen molar-refractivity contribution < 1.29 is 18.7 Å². The summed E-state index contributed by atoms with van der Waals surface area (Å²) >= 11 is 0. The predicted octanol–water partition coefficient (Wildman–Crippen LogP) is 1.72. The highest BCUT2D eigenvalue weighted by Gasteiger charge is 2.29. The first-order chi connectivity index (χ1) is 10.4. The zero-order chi connectivity index (χ0) is 16.3. The molecule has 0 radical (unpaired) electrons. The Hall–Kier alpha value is -1.82. The summed E-state index contributed by atoms with van der Waals surface area (Å²) < 4.78 is 10.2. The zero-order valence-corrected chi connectivity index (χ0v) is 13.6. The van der Waals surface area contributed by atoms with Gasteiger partial charge in [0.2, 0.25) is 5.91 Å². The zero-order valence-electron chi connectivity index (χ0n) is 13.6. The largest absolute Gasteiger partial charge is 0.465 e.